The lowest BCUT2D eigenvalue weighted by atomic mass is 10.1. The molecule has 0 saturated heterocycles. The van der Waals surface area contributed by atoms with Crippen molar-refractivity contribution in [3.05, 3.63) is 42.1 Å². The standard InChI is InChI=1S/C14H17N3O/c1-10(18)12-9-15-13(16-14(12)17(2)3)11-7-5-4-6-8-11/h4-10,18H,1-3H3. The molecule has 0 amide bonds. The van der Waals surface area contributed by atoms with Crippen molar-refractivity contribution in [2.45, 2.75) is 13.0 Å². The maximum atomic E-state index is 9.71. The van der Waals surface area contributed by atoms with Gasteiger partial charge in [-0.05, 0) is 6.92 Å². The monoisotopic (exact) mass is 243 g/mol. The first-order valence-corrected chi connectivity index (χ1v) is 5.87. The third-order valence-electron chi connectivity index (χ3n) is 2.70. The number of anilines is 1. The predicted molar refractivity (Wildman–Crippen MR) is 72.4 cm³/mol. The van der Waals surface area contributed by atoms with Crippen LogP contribution < -0.4 is 4.90 Å². The van der Waals surface area contributed by atoms with Gasteiger partial charge < -0.3 is 10.0 Å². The third kappa shape index (κ3) is 2.49. The smallest absolute Gasteiger partial charge is 0.161 e. The van der Waals surface area contributed by atoms with Gasteiger partial charge in [-0.15, -0.1) is 0 Å². The zero-order chi connectivity index (χ0) is 13.1. The Morgan fingerprint density at radius 3 is 2.39 bits per heavy atom. The molecule has 0 aliphatic carbocycles. The molecule has 0 bridgehead atoms. The summed E-state index contributed by atoms with van der Waals surface area (Å²) >= 11 is 0. The molecule has 0 aliphatic heterocycles. The number of benzene rings is 1. The number of rotatable bonds is 3. The molecule has 1 aromatic heterocycles. The van der Waals surface area contributed by atoms with Crippen molar-refractivity contribution in [3.8, 4) is 11.4 Å². The lowest BCUT2D eigenvalue weighted by Crippen LogP contribution is -2.15. The molecule has 0 saturated carbocycles. The third-order valence-corrected chi connectivity index (χ3v) is 2.70. The fourth-order valence-corrected chi connectivity index (χ4v) is 1.76. The van der Waals surface area contributed by atoms with Crippen LogP contribution in [0, 0.1) is 0 Å². The van der Waals surface area contributed by atoms with E-state index in [2.05, 4.69) is 9.97 Å². The SMILES string of the molecule is CC(O)c1cnc(-c2ccccc2)nc1N(C)C. The summed E-state index contributed by atoms with van der Waals surface area (Å²) in [7, 11) is 3.81. The Balaban J connectivity index is 2.50. The number of aromatic nitrogens is 2. The van der Waals surface area contributed by atoms with Crippen molar-refractivity contribution in [1.29, 1.82) is 0 Å². The summed E-state index contributed by atoms with van der Waals surface area (Å²) in [5, 5.41) is 9.71. The predicted octanol–water partition coefficient (Wildman–Crippen LogP) is 2.26. The van der Waals surface area contributed by atoms with Crippen LogP contribution in [0.2, 0.25) is 0 Å². The molecule has 0 aliphatic rings. The molecular weight excluding hydrogens is 226 g/mol. The zero-order valence-corrected chi connectivity index (χ0v) is 10.8. The van der Waals surface area contributed by atoms with Crippen LogP contribution in [0.15, 0.2) is 36.5 Å². The highest BCUT2D eigenvalue weighted by molar-refractivity contribution is 5.58. The molecule has 4 heteroatoms. The Morgan fingerprint density at radius 1 is 1.17 bits per heavy atom. The van der Waals surface area contributed by atoms with Gasteiger partial charge in [0.1, 0.15) is 5.82 Å². The second-order valence-corrected chi connectivity index (χ2v) is 4.41. The van der Waals surface area contributed by atoms with Gasteiger partial charge in [0.2, 0.25) is 0 Å². The van der Waals surface area contributed by atoms with E-state index in [0.717, 1.165) is 16.9 Å². The van der Waals surface area contributed by atoms with Gasteiger partial charge >= 0.3 is 0 Å². The first-order chi connectivity index (χ1) is 8.59. The molecular formula is C14H17N3O. The zero-order valence-electron chi connectivity index (χ0n) is 10.8. The molecule has 4 nitrogen and oxygen atoms in total. The minimum absolute atomic E-state index is 0.577. The lowest BCUT2D eigenvalue weighted by molar-refractivity contribution is 0.199. The molecule has 1 N–H and O–H groups in total. The van der Waals surface area contributed by atoms with Crippen molar-refractivity contribution >= 4 is 5.82 Å². The highest BCUT2D eigenvalue weighted by atomic mass is 16.3. The van der Waals surface area contributed by atoms with Crippen molar-refractivity contribution in [3.63, 3.8) is 0 Å². The number of aliphatic hydroxyl groups excluding tert-OH is 1. The molecule has 2 rings (SSSR count). The van der Waals surface area contributed by atoms with Gasteiger partial charge in [-0.2, -0.15) is 0 Å². The molecule has 1 atom stereocenters. The van der Waals surface area contributed by atoms with Crippen molar-refractivity contribution in [2.75, 3.05) is 19.0 Å². The summed E-state index contributed by atoms with van der Waals surface area (Å²) in [6.45, 7) is 1.72. The van der Waals surface area contributed by atoms with Crippen LogP contribution in [0.1, 0.15) is 18.6 Å². The van der Waals surface area contributed by atoms with Gasteiger partial charge in [0.15, 0.2) is 5.82 Å². The Hall–Kier alpha value is -1.94. The Kier molecular flexibility index (Phi) is 3.58. The van der Waals surface area contributed by atoms with Crippen LogP contribution in [0.5, 0.6) is 0 Å². The summed E-state index contributed by atoms with van der Waals surface area (Å²) < 4.78 is 0. The van der Waals surface area contributed by atoms with Gasteiger partial charge in [-0.1, -0.05) is 30.3 Å². The summed E-state index contributed by atoms with van der Waals surface area (Å²) in [5.74, 6) is 1.42. The number of nitrogens with zero attached hydrogens (tertiary/aromatic N) is 3. The van der Waals surface area contributed by atoms with E-state index in [1.54, 1.807) is 13.1 Å². The van der Waals surface area contributed by atoms with Crippen LogP contribution in [0.25, 0.3) is 11.4 Å². The summed E-state index contributed by atoms with van der Waals surface area (Å²) in [5.41, 5.74) is 1.71. The van der Waals surface area contributed by atoms with Gasteiger partial charge in [-0.25, -0.2) is 9.97 Å². The lowest BCUT2D eigenvalue weighted by Gasteiger charge is -2.18. The van der Waals surface area contributed by atoms with Crippen molar-refractivity contribution < 1.29 is 5.11 Å². The second kappa shape index (κ2) is 5.14. The molecule has 0 fully saturated rings. The van der Waals surface area contributed by atoms with E-state index in [9.17, 15) is 5.11 Å². The van der Waals surface area contributed by atoms with Crippen molar-refractivity contribution in [2.24, 2.45) is 0 Å². The summed E-state index contributed by atoms with van der Waals surface area (Å²) in [4.78, 5) is 10.7. The van der Waals surface area contributed by atoms with E-state index < -0.39 is 6.10 Å². The largest absolute Gasteiger partial charge is 0.389 e. The minimum Gasteiger partial charge on any atom is -0.389 e. The quantitative estimate of drug-likeness (QED) is 0.898. The molecule has 1 unspecified atom stereocenters. The average molecular weight is 243 g/mol. The van der Waals surface area contributed by atoms with Gasteiger partial charge in [0, 0.05) is 31.4 Å². The maximum Gasteiger partial charge on any atom is 0.161 e. The minimum atomic E-state index is -0.577. The molecule has 0 radical (unpaired) electrons. The normalized spacial score (nSPS) is 12.2. The van der Waals surface area contributed by atoms with Gasteiger partial charge in [0.05, 0.1) is 6.10 Å². The van der Waals surface area contributed by atoms with Gasteiger partial charge in [-0.3, -0.25) is 0 Å². The van der Waals surface area contributed by atoms with Crippen LogP contribution in [0.4, 0.5) is 5.82 Å². The summed E-state index contributed by atoms with van der Waals surface area (Å²) in [6.07, 6.45) is 1.11. The Bertz CT molecular complexity index is 524. The molecule has 1 heterocycles. The molecule has 0 spiro atoms. The van der Waals surface area contributed by atoms with Crippen LogP contribution in [-0.4, -0.2) is 29.2 Å². The second-order valence-electron chi connectivity index (χ2n) is 4.41. The van der Waals surface area contributed by atoms with E-state index >= 15 is 0 Å². The molecule has 1 aromatic carbocycles. The number of hydrogen-bond donors (Lipinski definition) is 1. The van der Waals surface area contributed by atoms with Crippen LogP contribution in [0.3, 0.4) is 0 Å². The molecule has 2 aromatic rings. The van der Waals surface area contributed by atoms with E-state index in [-0.39, 0.29) is 0 Å². The van der Waals surface area contributed by atoms with E-state index in [4.69, 9.17) is 0 Å². The van der Waals surface area contributed by atoms with Crippen LogP contribution >= 0.6 is 0 Å². The molecule has 94 valence electrons. The fourth-order valence-electron chi connectivity index (χ4n) is 1.76. The first kappa shape index (κ1) is 12.5. The van der Waals surface area contributed by atoms with Crippen LogP contribution in [-0.2, 0) is 0 Å². The van der Waals surface area contributed by atoms with E-state index in [1.165, 1.54) is 0 Å². The first-order valence-electron chi connectivity index (χ1n) is 5.87. The summed E-state index contributed by atoms with van der Waals surface area (Å²) in [6, 6.07) is 9.81. The highest BCUT2D eigenvalue weighted by Crippen LogP contribution is 2.25. The van der Waals surface area contributed by atoms with Gasteiger partial charge in [0.25, 0.3) is 0 Å². The number of aliphatic hydroxyl groups is 1. The number of hydrogen-bond acceptors (Lipinski definition) is 4. The molecule has 18 heavy (non-hydrogen) atoms. The fraction of sp³-hybridized carbons (Fsp3) is 0.286. The highest BCUT2D eigenvalue weighted by Gasteiger charge is 2.13. The Morgan fingerprint density at radius 2 is 1.83 bits per heavy atom. The average Bonchev–Trinajstić information content (AvgIpc) is 2.39. The van der Waals surface area contributed by atoms with E-state index in [1.807, 2.05) is 49.3 Å². The van der Waals surface area contributed by atoms with Crippen molar-refractivity contribution in [1.82, 2.24) is 9.97 Å². The maximum absolute atomic E-state index is 9.71. The Labute approximate surface area is 107 Å². The van der Waals surface area contributed by atoms with E-state index in [0.29, 0.717) is 5.82 Å². The topological polar surface area (TPSA) is 49.3 Å².